The molecule has 0 fully saturated rings. The molecule has 3 heteroatoms. The van der Waals surface area contributed by atoms with Crippen LogP contribution in [0.25, 0.3) is 0 Å². The molecule has 0 heterocycles. The molecule has 1 rings (SSSR count). The van der Waals surface area contributed by atoms with Crippen molar-refractivity contribution >= 4 is 6.09 Å². The number of ether oxygens (including phenoxy) is 1. The first kappa shape index (κ1) is 15.1. The van der Waals surface area contributed by atoms with Crippen LogP contribution < -0.4 is 5.32 Å². The third kappa shape index (κ3) is 5.48. The lowest BCUT2D eigenvalue weighted by Crippen LogP contribution is -2.48. The van der Waals surface area contributed by atoms with Gasteiger partial charge in [-0.1, -0.05) is 36.3 Å². The van der Waals surface area contributed by atoms with E-state index in [1.165, 1.54) is 0 Å². The monoisotopic (exact) mass is 259 g/mol. The normalized spacial score (nSPS) is 14.1. The fourth-order valence-corrected chi connectivity index (χ4v) is 1.66. The third-order valence-electron chi connectivity index (χ3n) is 2.50. The van der Waals surface area contributed by atoms with Crippen molar-refractivity contribution in [1.82, 2.24) is 5.32 Å². The first-order valence-electron chi connectivity index (χ1n) is 6.27. The Morgan fingerprint density at radius 1 is 1.26 bits per heavy atom. The number of benzene rings is 1. The molecule has 0 bridgehead atoms. The van der Waals surface area contributed by atoms with Gasteiger partial charge in [-0.2, -0.15) is 0 Å². The second-order valence-corrected chi connectivity index (χ2v) is 5.77. The lowest BCUT2D eigenvalue weighted by Gasteiger charge is -2.28. The van der Waals surface area contributed by atoms with Crippen LogP contribution in [0.4, 0.5) is 4.79 Å². The molecule has 0 aromatic heterocycles. The predicted octanol–water partition coefficient (Wildman–Crippen LogP) is 3.15. The molecule has 1 atom stereocenters. The molecule has 102 valence electrons. The summed E-state index contributed by atoms with van der Waals surface area (Å²) in [6.07, 6.45) is 5.61. The van der Waals surface area contributed by atoms with Crippen molar-refractivity contribution < 1.29 is 9.53 Å². The molecule has 0 radical (unpaired) electrons. The first-order chi connectivity index (χ1) is 8.74. The number of hydrogen-bond donors (Lipinski definition) is 1. The van der Waals surface area contributed by atoms with Crippen molar-refractivity contribution in [2.45, 2.75) is 45.3 Å². The summed E-state index contributed by atoms with van der Waals surface area (Å²) in [4.78, 5) is 11.8. The molecule has 0 aliphatic rings. The number of carbonyl (C=O) groups is 1. The van der Waals surface area contributed by atoms with Gasteiger partial charge in [-0.25, -0.2) is 4.79 Å². The second kappa shape index (κ2) is 5.79. The van der Waals surface area contributed by atoms with E-state index in [4.69, 9.17) is 11.2 Å². The molecule has 3 nitrogen and oxygen atoms in total. The van der Waals surface area contributed by atoms with Crippen LogP contribution >= 0.6 is 0 Å². The van der Waals surface area contributed by atoms with Gasteiger partial charge in [0.1, 0.15) is 11.1 Å². The summed E-state index contributed by atoms with van der Waals surface area (Å²) in [6.45, 7) is 7.26. The van der Waals surface area contributed by atoms with Gasteiger partial charge in [0, 0.05) is 6.42 Å². The first-order valence-corrected chi connectivity index (χ1v) is 6.27. The van der Waals surface area contributed by atoms with E-state index in [1.807, 2.05) is 58.0 Å². The van der Waals surface area contributed by atoms with Gasteiger partial charge in [-0.05, 0) is 33.3 Å². The zero-order valence-corrected chi connectivity index (χ0v) is 12.0. The smallest absolute Gasteiger partial charge is 0.408 e. The third-order valence-corrected chi connectivity index (χ3v) is 2.50. The highest BCUT2D eigenvalue weighted by atomic mass is 16.6. The minimum atomic E-state index is -0.760. The molecule has 1 aromatic carbocycles. The van der Waals surface area contributed by atoms with Crippen molar-refractivity contribution in [2.75, 3.05) is 0 Å². The van der Waals surface area contributed by atoms with Crippen LogP contribution in [0, 0.1) is 12.3 Å². The van der Waals surface area contributed by atoms with Crippen molar-refractivity contribution in [3.63, 3.8) is 0 Å². The molecule has 0 saturated heterocycles. The van der Waals surface area contributed by atoms with Gasteiger partial charge < -0.3 is 10.1 Å². The van der Waals surface area contributed by atoms with Gasteiger partial charge >= 0.3 is 6.09 Å². The standard InChI is InChI=1S/C16H21NO2/c1-6-16(5,12-13-10-8-7-9-11-13)17-14(18)19-15(2,3)4/h1,7-11H,12H2,2-5H3,(H,17,18). The van der Waals surface area contributed by atoms with E-state index in [9.17, 15) is 4.79 Å². The Hall–Kier alpha value is -1.95. The van der Waals surface area contributed by atoms with Gasteiger partial charge in [0.05, 0.1) is 0 Å². The van der Waals surface area contributed by atoms with Gasteiger partial charge in [-0.3, -0.25) is 0 Å². The SMILES string of the molecule is C#CC(C)(Cc1ccccc1)NC(=O)OC(C)(C)C. The molecule has 0 spiro atoms. The zero-order valence-electron chi connectivity index (χ0n) is 12.0. The number of rotatable bonds is 3. The Morgan fingerprint density at radius 3 is 2.32 bits per heavy atom. The Kier molecular flexibility index (Phi) is 4.61. The fraction of sp³-hybridized carbons (Fsp3) is 0.438. The lowest BCUT2D eigenvalue weighted by atomic mass is 9.94. The highest BCUT2D eigenvalue weighted by Crippen LogP contribution is 2.14. The van der Waals surface area contributed by atoms with Gasteiger partial charge in [0.2, 0.25) is 0 Å². The average molecular weight is 259 g/mol. The summed E-state index contributed by atoms with van der Waals surface area (Å²) in [5, 5.41) is 2.75. The van der Waals surface area contributed by atoms with Gasteiger partial charge in [0.15, 0.2) is 0 Å². The van der Waals surface area contributed by atoms with Crippen molar-refractivity contribution in [3.8, 4) is 12.3 Å². The molecule has 1 unspecified atom stereocenters. The summed E-state index contributed by atoms with van der Waals surface area (Å²) in [5.41, 5.74) is -0.227. The van der Waals surface area contributed by atoms with E-state index >= 15 is 0 Å². The van der Waals surface area contributed by atoms with E-state index in [0.717, 1.165) is 5.56 Å². The molecule has 19 heavy (non-hydrogen) atoms. The minimum absolute atomic E-state index is 0.496. The zero-order chi connectivity index (χ0) is 14.5. The summed E-state index contributed by atoms with van der Waals surface area (Å²) in [7, 11) is 0. The fourth-order valence-electron chi connectivity index (χ4n) is 1.66. The Morgan fingerprint density at radius 2 is 1.84 bits per heavy atom. The number of carbonyl (C=O) groups excluding carboxylic acids is 1. The maximum atomic E-state index is 11.8. The number of terminal acetylenes is 1. The Labute approximate surface area is 115 Å². The molecular weight excluding hydrogens is 238 g/mol. The predicted molar refractivity (Wildman–Crippen MR) is 76.8 cm³/mol. The molecule has 0 aliphatic carbocycles. The van der Waals surface area contributed by atoms with Crippen LogP contribution in [0.5, 0.6) is 0 Å². The molecule has 1 amide bonds. The number of alkyl carbamates (subject to hydrolysis) is 1. The maximum absolute atomic E-state index is 11.8. The topological polar surface area (TPSA) is 38.3 Å². The summed E-state index contributed by atoms with van der Waals surface area (Å²) in [5.74, 6) is 2.63. The number of amides is 1. The summed E-state index contributed by atoms with van der Waals surface area (Å²) in [6, 6.07) is 9.79. The van der Waals surface area contributed by atoms with E-state index in [-0.39, 0.29) is 0 Å². The van der Waals surface area contributed by atoms with Crippen molar-refractivity contribution in [3.05, 3.63) is 35.9 Å². The van der Waals surface area contributed by atoms with Crippen LogP contribution in [0.3, 0.4) is 0 Å². The van der Waals surface area contributed by atoms with Crippen LogP contribution in [0.2, 0.25) is 0 Å². The van der Waals surface area contributed by atoms with E-state index in [0.29, 0.717) is 6.42 Å². The van der Waals surface area contributed by atoms with Crippen LogP contribution in [0.15, 0.2) is 30.3 Å². The van der Waals surface area contributed by atoms with Gasteiger partial charge in [-0.15, -0.1) is 6.42 Å². The average Bonchev–Trinajstić information content (AvgIpc) is 2.27. The quantitative estimate of drug-likeness (QED) is 0.847. The maximum Gasteiger partial charge on any atom is 0.408 e. The molecule has 1 aromatic rings. The summed E-state index contributed by atoms with van der Waals surface area (Å²) < 4.78 is 5.23. The largest absolute Gasteiger partial charge is 0.444 e. The molecule has 1 N–H and O–H groups in total. The highest BCUT2D eigenvalue weighted by Gasteiger charge is 2.27. The van der Waals surface area contributed by atoms with E-state index < -0.39 is 17.2 Å². The van der Waals surface area contributed by atoms with Crippen molar-refractivity contribution in [2.24, 2.45) is 0 Å². The molecule has 0 saturated carbocycles. The highest BCUT2D eigenvalue weighted by molar-refractivity contribution is 5.69. The van der Waals surface area contributed by atoms with Gasteiger partial charge in [0.25, 0.3) is 0 Å². The van der Waals surface area contributed by atoms with E-state index in [1.54, 1.807) is 0 Å². The number of hydrogen-bond acceptors (Lipinski definition) is 2. The molecular formula is C16H21NO2. The molecule has 0 aliphatic heterocycles. The van der Waals surface area contributed by atoms with Crippen LogP contribution in [0.1, 0.15) is 33.3 Å². The minimum Gasteiger partial charge on any atom is -0.444 e. The van der Waals surface area contributed by atoms with Crippen molar-refractivity contribution in [1.29, 1.82) is 0 Å². The Balaban J connectivity index is 2.71. The Bertz CT molecular complexity index is 468. The van der Waals surface area contributed by atoms with E-state index in [2.05, 4.69) is 11.2 Å². The second-order valence-electron chi connectivity index (χ2n) is 5.77. The lowest BCUT2D eigenvalue weighted by molar-refractivity contribution is 0.0488. The van der Waals surface area contributed by atoms with Crippen LogP contribution in [-0.2, 0) is 11.2 Å². The number of nitrogens with one attached hydrogen (secondary N) is 1. The summed E-state index contributed by atoms with van der Waals surface area (Å²) >= 11 is 0. The van der Waals surface area contributed by atoms with Crippen LogP contribution in [-0.4, -0.2) is 17.2 Å².